The van der Waals surface area contributed by atoms with Crippen LogP contribution in [0.1, 0.15) is 29.2 Å². The van der Waals surface area contributed by atoms with E-state index in [0.29, 0.717) is 17.9 Å². The Balaban J connectivity index is 1.85. The van der Waals surface area contributed by atoms with E-state index in [2.05, 4.69) is 15.5 Å². The van der Waals surface area contributed by atoms with Gasteiger partial charge in [0.25, 0.3) is 5.90 Å². The molecule has 7 nitrogen and oxygen atoms in total. The van der Waals surface area contributed by atoms with Gasteiger partial charge in [0.05, 0.1) is 11.3 Å². The summed E-state index contributed by atoms with van der Waals surface area (Å²) in [5.41, 5.74) is 3.54. The molecule has 2 aromatic rings. The van der Waals surface area contributed by atoms with Crippen molar-refractivity contribution < 1.29 is 23.6 Å². The van der Waals surface area contributed by atoms with Gasteiger partial charge < -0.3 is 19.2 Å². The molecule has 0 N–H and O–H groups in total. The lowest BCUT2D eigenvalue weighted by atomic mass is 10.0. The van der Waals surface area contributed by atoms with Gasteiger partial charge in [-0.3, -0.25) is 0 Å². The molecule has 3 rings (SSSR count). The maximum atomic E-state index is 14.7. The molecule has 0 amide bonds. The van der Waals surface area contributed by atoms with Crippen LogP contribution >= 0.6 is 0 Å². The maximum absolute atomic E-state index is 14.7. The Labute approximate surface area is 168 Å². The first-order valence-corrected chi connectivity index (χ1v) is 9.05. The van der Waals surface area contributed by atoms with Crippen molar-refractivity contribution in [1.82, 2.24) is 0 Å². The monoisotopic (exact) mass is 399 g/mol. The molecule has 1 heterocycles. The Bertz CT molecular complexity index is 957. The molecule has 2 aromatic carbocycles. The molecule has 0 aromatic heterocycles. The predicted octanol–water partition coefficient (Wildman–Crippen LogP) is 3.79. The van der Waals surface area contributed by atoms with Gasteiger partial charge in [0.15, 0.2) is 12.3 Å². The Morgan fingerprint density at radius 2 is 2.00 bits per heavy atom. The molecule has 0 radical (unpaired) electrons. The Hall–Kier alpha value is -3.42. The second kappa shape index (κ2) is 9.68. The van der Waals surface area contributed by atoms with Gasteiger partial charge in [0.1, 0.15) is 26.1 Å². The third-order valence-corrected chi connectivity index (χ3v) is 4.14. The molecule has 0 saturated carbocycles. The average molecular weight is 399 g/mol. The van der Waals surface area contributed by atoms with E-state index in [1.165, 1.54) is 13.2 Å². The zero-order valence-electron chi connectivity index (χ0n) is 16.5. The first-order chi connectivity index (χ1) is 14.1. The summed E-state index contributed by atoms with van der Waals surface area (Å²) in [5, 5.41) is 11.9. The third-order valence-electron chi connectivity index (χ3n) is 4.14. The third kappa shape index (κ3) is 5.10. The highest BCUT2D eigenvalue weighted by atomic mass is 19.1. The van der Waals surface area contributed by atoms with Crippen LogP contribution in [0.15, 0.2) is 57.9 Å². The van der Waals surface area contributed by atoms with Gasteiger partial charge in [0.2, 0.25) is 0 Å². The van der Waals surface area contributed by atoms with Crippen molar-refractivity contribution >= 4 is 17.3 Å². The molecule has 152 valence electrons. The fraction of sp³-hybridized carbons (Fsp3) is 0.286. The number of halogens is 1. The summed E-state index contributed by atoms with van der Waals surface area (Å²) < 4.78 is 20.1. The normalized spacial score (nSPS) is 14.6. The molecule has 0 unspecified atom stereocenters. The molecule has 29 heavy (non-hydrogen) atoms. The Kier molecular flexibility index (Phi) is 6.78. The number of benzene rings is 2. The largest absolute Gasteiger partial charge is 0.470 e. The lowest BCUT2D eigenvalue weighted by molar-refractivity contribution is 0.0672. The molecule has 1 aliphatic rings. The molecular weight excluding hydrogens is 377 g/mol. The van der Waals surface area contributed by atoms with Crippen molar-refractivity contribution in [2.24, 2.45) is 15.5 Å². The van der Waals surface area contributed by atoms with E-state index >= 15 is 0 Å². The van der Waals surface area contributed by atoms with Crippen molar-refractivity contribution in [3.8, 4) is 0 Å². The predicted molar refractivity (Wildman–Crippen MR) is 107 cm³/mol. The average Bonchev–Trinajstić information content (AvgIpc) is 2.73. The topological polar surface area (TPSA) is 74.0 Å². The number of nitrogens with zero attached hydrogens (tertiary/aromatic N) is 3. The first kappa shape index (κ1) is 20.3. The molecule has 0 aliphatic carbocycles. The molecular formula is C21H22FN3O4. The van der Waals surface area contributed by atoms with Gasteiger partial charge >= 0.3 is 0 Å². The van der Waals surface area contributed by atoms with Crippen LogP contribution in [0.5, 0.6) is 0 Å². The number of hydrogen-bond acceptors (Lipinski definition) is 7. The second-order valence-electron chi connectivity index (χ2n) is 6.29. The zero-order chi connectivity index (χ0) is 20.6. The first-order valence-electron chi connectivity index (χ1n) is 9.05. The van der Waals surface area contributed by atoms with Gasteiger partial charge in [0, 0.05) is 5.56 Å². The number of hydrogen-bond donors (Lipinski definition) is 0. The fourth-order valence-corrected chi connectivity index (χ4v) is 2.78. The number of ether oxygens (including phenoxy) is 1. The van der Waals surface area contributed by atoms with E-state index in [4.69, 9.17) is 19.2 Å². The van der Waals surface area contributed by atoms with Crippen molar-refractivity contribution in [3.63, 3.8) is 0 Å². The summed E-state index contributed by atoms with van der Waals surface area (Å²) in [5.74, 6) is -0.470. The minimum atomic E-state index is -0.516. The zero-order valence-corrected chi connectivity index (χ0v) is 16.5. The van der Waals surface area contributed by atoms with Crippen LogP contribution in [0, 0.1) is 12.7 Å². The lowest BCUT2D eigenvalue weighted by Crippen LogP contribution is -2.27. The van der Waals surface area contributed by atoms with Crippen molar-refractivity contribution in [1.29, 1.82) is 0 Å². The van der Waals surface area contributed by atoms with Crippen LogP contribution < -0.4 is 0 Å². The SMILES string of the molecule is CO/N=C(/C1=NOCCO1)c1c(F)cccc1CO/N=C(\C)c1cccc(C)c1. The smallest absolute Gasteiger partial charge is 0.280 e. The summed E-state index contributed by atoms with van der Waals surface area (Å²) in [6.07, 6.45) is 0. The fourth-order valence-electron chi connectivity index (χ4n) is 2.78. The highest BCUT2D eigenvalue weighted by molar-refractivity contribution is 6.45. The van der Waals surface area contributed by atoms with Gasteiger partial charge in [-0.15, -0.1) is 0 Å². The van der Waals surface area contributed by atoms with E-state index in [-0.39, 0.29) is 30.4 Å². The number of oxime groups is 3. The number of rotatable bonds is 7. The van der Waals surface area contributed by atoms with E-state index in [1.807, 2.05) is 38.1 Å². The Morgan fingerprint density at radius 1 is 1.17 bits per heavy atom. The Morgan fingerprint density at radius 3 is 2.72 bits per heavy atom. The summed E-state index contributed by atoms with van der Waals surface area (Å²) >= 11 is 0. The van der Waals surface area contributed by atoms with Crippen LogP contribution in [-0.4, -0.2) is 37.6 Å². The molecule has 1 aliphatic heterocycles. The highest BCUT2D eigenvalue weighted by Gasteiger charge is 2.25. The van der Waals surface area contributed by atoms with Crippen LogP contribution in [0.3, 0.4) is 0 Å². The summed E-state index contributed by atoms with van der Waals surface area (Å²) in [7, 11) is 1.36. The summed E-state index contributed by atoms with van der Waals surface area (Å²) in [4.78, 5) is 15.4. The molecule has 0 bridgehead atoms. The van der Waals surface area contributed by atoms with E-state index in [1.54, 1.807) is 12.1 Å². The van der Waals surface area contributed by atoms with Crippen LogP contribution in [0.4, 0.5) is 4.39 Å². The summed E-state index contributed by atoms with van der Waals surface area (Å²) in [6.45, 7) is 4.47. The van der Waals surface area contributed by atoms with Gasteiger partial charge in [-0.1, -0.05) is 52.3 Å². The van der Waals surface area contributed by atoms with Crippen LogP contribution in [0.25, 0.3) is 0 Å². The second-order valence-corrected chi connectivity index (χ2v) is 6.29. The minimum Gasteiger partial charge on any atom is -0.470 e. The van der Waals surface area contributed by atoms with Gasteiger partial charge in [-0.2, -0.15) is 0 Å². The number of aryl methyl sites for hydroxylation is 1. The van der Waals surface area contributed by atoms with E-state index in [9.17, 15) is 4.39 Å². The quantitative estimate of drug-likeness (QED) is 0.525. The molecule has 8 heteroatoms. The van der Waals surface area contributed by atoms with Gasteiger partial charge in [-0.05, 0) is 30.6 Å². The molecule has 0 spiro atoms. The maximum Gasteiger partial charge on any atom is 0.280 e. The lowest BCUT2D eigenvalue weighted by Gasteiger charge is -2.17. The highest BCUT2D eigenvalue weighted by Crippen LogP contribution is 2.19. The van der Waals surface area contributed by atoms with Crippen molar-refractivity contribution in [2.45, 2.75) is 20.5 Å². The van der Waals surface area contributed by atoms with Crippen LogP contribution in [-0.2, 0) is 25.9 Å². The molecule has 0 atom stereocenters. The molecule has 0 saturated heterocycles. The minimum absolute atomic E-state index is 0.0210. The molecule has 0 fully saturated rings. The standard InChI is InChI=1S/C21H22FN3O4/c1-14-6-4-7-16(12-14)15(2)23-29-13-17-8-5-9-18(22)19(17)20(24-26-3)21-25-28-11-10-27-21/h4-9,12H,10-11,13H2,1-3H3/b23-15+,24-20+. The van der Waals surface area contributed by atoms with E-state index in [0.717, 1.165) is 11.1 Å². The van der Waals surface area contributed by atoms with Gasteiger partial charge in [-0.25, -0.2) is 4.39 Å². The van der Waals surface area contributed by atoms with Crippen molar-refractivity contribution in [2.75, 3.05) is 20.3 Å². The van der Waals surface area contributed by atoms with E-state index < -0.39 is 5.82 Å². The summed E-state index contributed by atoms with van der Waals surface area (Å²) in [6, 6.07) is 12.5. The van der Waals surface area contributed by atoms with Crippen molar-refractivity contribution in [3.05, 3.63) is 70.5 Å². The van der Waals surface area contributed by atoms with Crippen LogP contribution in [0.2, 0.25) is 0 Å².